The Morgan fingerprint density at radius 1 is 1.04 bits per heavy atom. The van der Waals surface area contributed by atoms with Crippen molar-refractivity contribution in [2.75, 3.05) is 17.3 Å². The molecule has 0 unspecified atom stereocenters. The highest BCUT2D eigenvalue weighted by molar-refractivity contribution is 6.08. The topological polar surface area (TPSA) is 86.1 Å². The molecule has 0 radical (unpaired) electrons. The quantitative estimate of drug-likeness (QED) is 0.775. The van der Waals surface area contributed by atoms with Crippen molar-refractivity contribution in [2.45, 2.75) is 0 Å². The van der Waals surface area contributed by atoms with Crippen molar-refractivity contribution in [3.8, 4) is 6.07 Å². The number of anilines is 2. The summed E-state index contributed by atoms with van der Waals surface area (Å²) >= 11 is 0. The van der Waals surface area contributed by atoms with Crippen LogP contribution in [0.5, 0.6) is 0 Å². The molecular formula is C21H16N4O2. The Morgan fingerprint density at radius 3 is 2.41 bits per heavy atom. The van der Waals surface area contributed by atoms with Gasteiger partial charge in [-0.15, -0.1) is 0 Å². The van der Waals surface area contributed by atoms with E-state index in [4.69, 9.17) is 5.26 Å². The first-order valence-electron chi connectivity index (χ1n) is 8.19. The van der Waals surface area contributed by atoms with Crippen molar-refractivity contribution >= 4 is 23.2 Å². The van der Waals surface area contributed by atoms with Crippen molar-refractivity contribution in [1.82, 2.24) is 4.98 Å². The highest BCUT2D eigenvalue weighted by Crippen LogP contribution is 2.15. The Morgan fingerprint density at radius 2 is 1.74 bits per heavy atom. The van der Waals surface area contributed by atoms with Crippen LogP contribution in [0.2, 0.25) is 0 Å². The molecule has 0 spiro atoms. The first-order chi connectivity index (χ1) is 13.1. The van der Waals surface area contributed by atoms with Crippen LogP contribution >= 0.6 is 0 Å². The first kappa shape index (κ1) is 17.8. The third-order valence-electron chi connectivity index (χ3n) is 3.96. The van der Waals surface area contributed by atoms with Crippen LogP contribution in [-0.2, 0) is 0 Å². The molecule has 1 aromatic heterocycles. The summed E-state index contributed by atoms with van der Waals surface area (Å²) in [5.74, 6) is -0.673. The number of benzene rings is 2. The molecule has 1 N–H and O–H groups in total. The lowest BCUT2D eigenvalue weighted by molar-refractivity contribution is 0.0988. The predicted octanol–water partition coefficient (Wildman–Crippen LogP) is 3.48. The highest BCUT2D eigenvalue weighted by atomic mass is 16.2. The maximum Gasteiger partial charge on any atom is 0.276 e. The van der Waals surface area contributed by atoms with Gasteiger partial charge in [0.05, 0.1) is 11.6 Å². The number of pyridine rings is 1. The minimum Gasteiger partial charge on any atom is -0.322 e. The summed E-state index contributed by atoms with van der Waals surface area (Å²) in [6.07, 6.45) is 1.43. The second-order valence-corrected chi connectivity index (χ2v) is 5.77. The van der Waals surface area contributed by atoms with Crippen LogP contribution in [0.1, 0.15) is 26.4 Å². The second kappa shape index (κ2) is 7.93. The summed E-state index contributed by atoms with van der Waals surface area (Å²) in [5, 5.41) is 11.6. The summed E-state index contributed by atoms with van der Waals surface area (Å²) in [6, 6.07) is 20.7. The number of hydrogen-bond acceptors (Lipinski definition) is 4. The average Bonchev–Trinajstić information content (AvgIpc) is 2.74. The summed E-state index contributed by atoms with van der Waals surface area (Å²) in [6.45, 7) is 0. The molecule has 0 saturated carbocycles. The van der Waals surface area contributed by atoms with Crippen molar-refractivity contribution in [3.63, 3.8) is 0 Å². The number of amides is 2. The molecule has 3 aromatic rings. The molecule has 0 saturated heterocycles. The summed E-state index contributed by atoms with van der Waals surface area (Å²) in [4.78, 5) is 30.7. The molecular weight excluding hydrogens is 340 g/mol. The number of rotatable bonds is 4. The Kier molecular flexibility index (Phi) is 5.24. The number of para-hydroxylation sites is 1. The number of aromatic nitrogens is 1. The second-order valence-electron chi connectivity index (χ2n) is 5.77. The Hall–Kier alpha value is -3.98. The van der Waals surface area contributed by atoms with E-state index in [0.717, 1.165) is 5.69 Å². The van der Waals surface area contributed by atoms with Gasteiger partial charge in [0.15, 0.2) is 0 Å². The highest BCUT2D eigenvalue weighted by Gasteiger charge is 2.17. The smallest absolute Gasteiger partial charge is 0.276 e. The van der Waals surface area contributed by atoms with Gasteiger partial charge in [0, 0.05) is 30.2 Å². The van der Waals surface area contributed by atoms with Gasteiger partial charge >= 0.3 is 0 Å². The van der Waals surface area contributed by atoms with E-state index in [2.05, 4.69) is 10.3 Å². The van der Waals surface area contributed by atoms with Gasteiger partial charge in [0.2, 0.25) is 0 Å². The monoisotopic (exact) mass is 356 g/mol. The van der Waals surface area contributed by atoms with E-state index in [1.807, 2.05) is 36.4 Å². The minimum atomic E-state index is -0.362. The predicted molar refractivity (Wildman–Crippen MR) is 103 cm³/mol. The van der Waals surface area contributed by atoms with Crippen molar-refractivity contribution in [2.24, 2.45) is 0 Å². The van der Waals surface area contributed by atoms with Crippen LogP contribution in [0.4, 0.5) is 11.4 Å². The standard InChI is InChI=1S/C21H16N4O2/c1-25(18-5-3-2-4-6-18)21(27)19-13-16(11-12-23-19)20(26)24-17-9-7-15(14-22)8-10-17/h2-13H,1H3,(H,24,26). The molecule has 0 atom stereocenters. The first-order valence-corrected chi connectivity index (χ1v) is 8.19. The lowest BCUT2D eigenvalue weighted by Crippen LogP contribution is -2.27. The van der Waals surface area contributed by atoms with E-state index >= 15 is 0 Å². The molecule has 2 aromatic carbocycles. The van der Waals surface area contributed by atoms with E-state index in [0.29, 0.717) is 16.8 Å². The zero-order chi connectivity index (χ0) is 19.2. The molecule has 27 heavy (non-hydrogen) atoms. The number of nitrogens with one attached hydrogen (secondary N) is 1. The van der Waals surface area contributed by atoms with Gasteiger partial charge in [-0.3, -0.25) is 14.6 Å². The normalized spacial score (nSPS) is 9.93. The summed E-state index contributed by atoms with van der Waals surface area (Å²) in [7, 11) is 1.66. The fourth-order valence-electron chi connectivity index (χ4n) is 2.46. The van der Waals surface area contributed by atoms with Gasteiger partial charge in [-0.2, -0.15) is 5.26 Å². The Balaban J connectivity index is 1.77. The molecule has 6 heteroatoms. The third kappa shape index (κ3) is 4.17. The summed E-state index contributed by atoms with van der Waals surface area (Å²) < 4.78 is 0. The molecule has 0 aliphatic heterocycles. The van der Waals surface area contributed by atoms with Gasteiger partial charge < -0.3 is 10.2 Å². The number of carbonyl (C=O) groups is 2. The molecule has 0 fully saturated rings. The van der Waals surface area contributed by atoms with Gasteiger partial charge in [-0.25, -0.2) is 0 Å². The largest absolute Gasteiger partial charge is 0.322 e. The molecule has 1 heterocycles. The maximum absolute atomic E-state index is 12.6. The molecule has 6 nitrogen and oxygen atoms in total. The van der Waals surface area contributed by atoms with E-state index in [9.17, 15) is 9.59 Å². The number of hydrogen-bond donors (Lipinski definition) is 1. The fourth-order valence-corrected chi connectivity index (χ4v) is 2.46. The molecule has 2 amide bonds. The maximum atomic E-state index is 12.6. The van der Waals surface area contributed by atoms with Crippen LogP contribution in [0.3, 0.4) is 0 Å². The molecule has 0 aliphatic carbocycles. The molecule has 132 valence electrons. The fraction of sp³-hybridized carbons (Fsp3) is 0.0476. The van der Waals surface area contributed by atoms with Crippen LogP contribution in [0.25, 0.3) is 0 Å². The van der Waals surface area contributed by atoms with Gasteiger partial charge in [0.1, 0.15) is 5.69 Å². The van der Waals surface area contributed by atoms with Crippen LogP contribution in [-0.4, -0.2) is 23.8 Å². The number of carbonyl (C=O) groups excluding carboxylic acids is 2. The van der Waals surface area contributed by atoms with Gasteiger partial charge in [-0.1, -0.05) is 18.2 Å². The number of nitriles is 1. The summed E-state index contributed by atoms with van der Waals surface area (Å²) in [5.41, 5.74) is 2.29. The Labute approximate surface area is 156 Å². The zero-order valence-corrected chi connectivity index (χ0v) is 14.6. The van der Waals surface area contributed by atoms with Crippen LogP contribution in [0, 0.1) is 11.3 Å². The van der Waals surface area contributed by atoms with E-state index in [1.54, 1.807) is 31.3 Å². The third-order valence-corrected chi connectivity index (χ3v) is 3.96. The Bertz CT molecular complexity index is 1010. The average molecular weight is 356 g/mol. The van der Waals surface area contributed by atoms with Gasteiger partial charge in [0.25, 0.3) is 11.8 Å². The van der Waals surface area contributed by atoms with E-state index < -0.39 is 0 Å². The lowest BCUT2D eigenvalue weighted by atomic mass is 10.1. The van der Waals surface area contributed by atoms with Gasteiger partial charge in [-0.05, 0) is 48.5 Å². The molecule has 0 bridgehead atoms. The number of nitrogens with zero attached hydrogens (tertiary/aromatic N) is 3. The molecule has 3 rings (SSSR count). The SMILES string of the molecule is CN(C(=O)c1cc(C(=O)Nc2ccc(C#N)cc2)ccn1)c1ccccc1. The van der Waals surface area contributed by atoms with E-state index in [1.165, 1.54) is 23.2 Å². The van der Waals surface area contributed by atoms with Crippen molar-refractivity contribution in [3.05, 3.63) is 89.7 Å². The lowest BCUT2D eigenvalue weighted by Gasteiger charge is -2.17. The molecule has 0 aliphatic rings. The van der Waals surface area contributed by atoms with Crippen molar-refractivity contribution < 1.29 is 9.59 Å². The minimum absolute atomic E-state index is 0.175. The van der Waals surface area contributed by atoms with Crippen LogP contribution in [0.15, 0.2) is 72.9 Å². The van der Waals surface area contributed by atoms with Crippen LogP contribution < -0.4 is 10.2 Å². The zero-order valence-electron chi connectivity index (χ0n) is 14.6. The van der Waals surface area contributed by atoms with E-state index in [-0.39, 0.29) is 17.5 Å². The van der Waals surface area contributed by atoms with Crippen molar-refractivity contribution in [1.29, 1.82) is 5.26 Å².